The summed E-state index contributed by atoms with van der Waals surface area (Å²) in [5, 5.41) is 5.80. The normalized spacial score (nSPS) is 11.7. The third-order valence-corrected chi connectivity index (χ3v) is 5.94. The summed E-state index contributed by atoms with van der Waals surface area (Å²) in [6, 6.07) is 16.1. The number of amides is 2. The quantitative estimate of drug-likeness (QED) is 0.364. The lowest BCUT2D eigenvalue weighted by Crippen LogP contribution is -2.42. The molecule has 2 aromatic carbocycles. The van der Waals surface area contributed by atoms with Crippen molar-refractivity contribution in [3.05, 3.63) is 77.4 Å². The average Bonchev–Trinajstić information content (AvgIpc) is 2.78. The second kappa shape index (κ2) is 11.9. The first-order chi connectivity index (χ1) is 16.3. The van der Waals surface area contributed by atoms with Crippen LogP contribution in [-0.4, -0.2) is 25.4 Å². The molecule has 0 saturated carbocycles. The number of rotatable bonds is 10. The van der Waals surface area contributed by atoms with Crippen LogP contribution in [0.5, 0.6) is 0 Å². The van der Waals surface area contributed by atoms with Gasteiger partial charge in [-0.1, -0.05) is 68.5 Å². The van der Waals surface area contributed by atoms with Crippen molar-refractivity contribution in [1.29, 1.82) is 0 Å². The average molecular weight is 481 g/mol. The fourth-order valence-electron chi connectivity index (χ4n) is 3.58. The SMILES string of the molecule is C=C(C)c1cccc(C(C)(C)NC(=O)OCCCOC(=O)NC(C)(C)c2cccc(C(C)C)c2)c1. The molecule has 6 nitrogen and oxygen atoms in total. The number of ether oxygens (including phenoxy) is 2. The first-order valence-corrected chi connectivity index (χ1v) is 12.1. The minimum absolute atomic E-state index is 0.140. The Morgan fingerprint density at radius 3 is 1.83 bits per heavy atom. The number of hydrogen-bond donors (Lipinski definition) is 2. The second-order valence-corrected chi connectivity index (χ2v) is 10.3. The van der Waals surface area contributed by atoms with E-state index in [-0.39, 0.29) is 13.2 Å². The zero-order chi connectivity index (χ0) is 26.2. The topological polar surface area (TPSA) is 76.7 Å². The standard InChI is InChI=1S/C29H40N2O4/c1-20(2)22-12-9-14-24(18-22)28(5,6)30-26(32)34-16-11-17-35-27(33)31-29(7,8)25-15-10-13-23(19-25)21(3)4/h9-10,12-15,18-19,21H,1,11,16-17H2,2-8H3,(H,30,32)(H,31,33). The molecule has 2 aromatic rings. The van der Waals surface area contributed by atoms with E-state index in [1.165, 1.54) is 5.56 Å². The van der Waals surface area contributed by atoms with Crippen molar-refractivity contribution in [2.75, 3.05) is 13.2 Å². The minimum atomic E-state index is -0.614. The number of carbonyl (C=O) groups is 2. The summed E-state index contributed by atoms with van der Waals surface area (Å²) in [5.74, 6) is 0.405. The van der Waals surface area contributed by atoms with Gasteiger partial charge < -0.3 is 20.1 Å². The number of carbonyl (C=O) groups excluding carboxylic acids is 2. The number of allylic oxidation sites excluding steroid dienone is 1. The van der Waals surface area contributed by atoms with Gasteiger partial charge in [-0.2, -0.15) is 0 Å². The maximum Gasteiger partial charge on any atom is 0.407 e. The predicted molar refractivity (Wildman–Crippen MR) is 141 cm³/mol. The van der Waals surface area contributed by atoms with Crippen molar-refractivity contribution < 1.29 is 19.1 Å². The zero-order valence-corrected chi connectivity index (χ0v) is 22.2. The van der Waals surface area contributed by atoms with Gasteiger partial charge in [-0.15, -0.1) is 0 Å². The largest absolute Gasteiger partial charge is 0.449 e. The molecule has 0 aliphatic carbocycles. The highest BCUT2D eigenvalue weighted by atomic mass is 16.6. The van der Waals surface area contributed by atoms with Gasteiger partial charge in [0.15, 0.2) is 0 Å². The van der Waals surface area contributed by atoms with E-state index in [0.717, 1.165) is 22.3 Å². The Kier molecular flexibility index (Phi) is 9.52. The number of hydrogen-bond acceptors (Lipinski definition) is 4. The molecule has 0 spiro atoms. The van der Waals surface area contributed by atoms with Crippen molar-refractivity contribution in [2.24, 2.45) is 0 Å². The highest BCUT2D eigenvalue weighted by Gasteiger charge is 2.25. The molecule has 35 heavy (non-hydrogen) atoms. The van der Waals surface area contributed by atoms with Crippen LogP contribution < -0.4 is 10.6 Å². The lowest BCUT2D eigenvalue weighted by atomic mass is 9.90. The molecule has 6 heteroatoms. The van der Waals surface area contributed by atoms with Crippen molar-refractivity contribution in [3.8, 4) is 0 Å². The third kappa shape index (κ3) is 8.46. The molecule has 0 fully saturated rings. The van der Waals surface area contributed by atoms with Crippen LogP contribution in [0.2, 0.25) is 0 Å². The second-order valence-electron chi connectivity index (χ2n) is 10.3. The molecule has 0 aliphatic heterocycles. The summed E-state index contributed by atoms with van der Waals surface area (Å²) in [6.07, 6.45) is -0.630. The van der Waals surface area contributed by atoms with Crippen LogP contribution in [0.15, 0.2) is 55.1 Å². The van der Waals surface area contributed by atoms with Gasteiger partial charge in [-0.3, -0.25) is 0 Å². The van der Waals surface area contributed by atoms with E-state index < -0.39 is 23.3 Å². The molecule has 0 atom stereocenters. The van der Waals surface area contributed by atoms with Gasteiger partial charge in [-0.05, 0) is 68.9 Å². The highest BCUT2D eigenvalue weighted by molar-refractivity contribution is 5.69. The molecule has 190 valence electrons. The first kappa shape index (κ1) is 28.0. The van der Waals surface area contributed by atoms with Gasteiger partial charge in [0, 0.05) is 6.42 Å². The van der Waals surface area contributed by atoms with E-state index in [9.17, 15) is 9.59 Å². The highest BCUT2D eigenvalue weighted by Crippen LogP contribution is 2.25. The molecule has 0 heterocycles. The fourth-order valence-corrected chi connectivity index (χ4v) is 3.58. The first-order valence-electron chi connectivity index (χ1n) is 12.1. The van der Waals surface area contributed by atoms with Crippen LogP contribution in [0.4, 0.5) is 9.59 Å². The summed E-state index contributed by atoms with van der Waals surface area (Å²) in [7, 11) is 0. The molecule has 0 aromatic heterocycles. The summed E-state index contributed by atoms with van der Waals surface area (Å²) in [5.41, 5.74) is 3.98. The van der Waals surface area contributed by atoms with E-state index in [4.69, 9.17) is 9.47 Å². The van der Waals surface area contributed by atoms with E-state index in [1.807, 2.05) is 71.0 Å². The van der Waals surface area contributed by atoms with E-state index in [1.54, 1.807) is 0 Å². The maximum atomic E-state index is 12.3. The van der Waals surface area contributed by atoms with Crippen LogP contribution >= 0.6 is 0 Å². The molecule has 0 radical (unpaired) electrons. The molecule has 2 rings (SSSR count). The Labute approximate surface area is 210 Å². The fraction of sp³-hybridized carbons (Fsp3) is 0.448. The van der Waals surface area contributed by atoms with Gasteiger partial charge in [-0.25, -0.2) is 9.59 Å². The summed E-state index contributed by atoms with van der Waals surface area (Å²) < 4.78 is 10.6. The monoisotopic (exact) mass is 480 g/mol. The van der Waals surface area contributed by atoms with Gasteiger partial charge in [0.2, 0.25) is 0 Å². The zero-order valence-electron chi connectivity index (χ0n) is 22.2. The van der Waals surface area contributed by atoms with Gasteiger partial charge >= 0.3 is 12.2 Å². The van der Waals surface area contributed by atoms with Gasteiger partial charge in [0.05, 0.1) is 24.3 Å². The van der Waals surface area contributed by atoms with E-state index in [2.05, 4.69) is 43.2 Å². The Bertz CT molecular complexity index is 1040. The molecule has 0 bridgehead atoms. The molecule has 0 unspecified atom stereocenters. The van der Waals surface area contributed by atoms with Crippen LogP contribution in [0.3, 0.4) is 0 Å². The summed E-state index contributed by atoms with van der Waals surface area (Å²) in [6.45, 7) is 18.2. The van der Waals surface area contributed by atoms with Crippen LogP contribution in [-0.2, 0) is 20.6 Å². The Morgan fingerprint density at radius 2 is 1.34 bits per heavy atom. The summed E-state index contributed by atoms with van der Waals surface area (Å²) >= 11 is 0. The molecular weight excluding hydrogens is 440 g/mol. The van der Waals surface area contributed by atoms with Crippen molar-refractivity contribution in [3.63, 3.8) is 0 Å². The number of nitrogens with one attached hydrogen (secondary N) is 2. The van der Waals surface area contributed by atoms with Crippen molar-refractivity contribution in [2.45, 2.75) is 71.9 Å². The lowest BCUT2D eigenvalue weighted by Gasteiger charge is -2.27. The molecular formula is C29H40N2O4. The van der Waals surface area contributed by atoms with Crippen LogP contribution in [0.25, 0.3) is 5.57 Å². The lowest BCUT2D eigenvalue weighted by molar-refractivity contribution is 0.110. The Balaban J connectivity index is 1.76. The summed E-state index contributed by atoms with van der Waals surface area (Å²) in [4.78, 5) is 24.6. The third-order valence-electron chi connectivity index (χ3n) is 5.94. The predicted octanol–water partition coefficient (Wildman–Crippen LogP) is 6.86. The number of benzene rings is 2. The van der Waals surface area contributed by atoms with Crippen molar-refractivity contribution >= 4 is 17.8 Å². The molecule has 0 saturated heterocycles. The molecule has 2 amide bonds. The van der Waals surface area contributed by atoms with Crippen molar-refractivity contribution in [1.82, 2.24) is 10.6 Å². The Morgan fingerprint density at radius 1 is 0.857 bits per heavy atom. The van der Waals surface area contributed by atoms with Gasteiger partial charge in [0.25, 0.3) is 0 Å². The van der Waals surface area contributed by atoms with E-state index >= 15 is 0 Å². The molecule has 2 N–H and O–H groups in total. The van der Waals surface area contributed by atoms with Gasteiger partial charge in [0.1, 0.15) is 0 Å². The minimum Gasteiger partial charge on any atom is -0.449 e. The Hall–Kier alpha value is -3.28. The number of alkyl carbamates (subject to hydrolysis) is 2. The van der Waals surface area contributed by atoms with Crippen LogP contribution in [0.1, 0.15) is 83.1 Å². The molecule has 0 aliphatic rings. The van der Waals surface area contributed by atoms with Crippen LogP contribution in [0, 0.1) is 0 Å². The van der Waals surface area contributed by atoms with E-state index in [0.29, 0.717) is 12.3 Å². The maximum absolute atomic E-state index is 12.3. The smallest absolute Gasteiger partial charge is 0.407 e.